The summed E-state index contributed by atoms with van der Waals surface area (Å²) in [5, 5.41) is 7.02. The zero-order valence-corrected chi connectivity index (χ0v) is 18.9. The molecule has 2 saturated heterocycles. The summed E-state index contributed by atoms with van der Waals surface area (Å²) >= 11 is 0. The zero-order chi connectivity index (χ0) is 24.8. The van der Waals surface area contributed by atoms with Gasteiger partial charge in [-0.3, -0.25) is 9.69 Å². The van der Waals surface area contributed by atoms with Crippen molar-refractivity contribution in [3.63, 3.8) is 0 Å². The number of likely N-dealkylation sites (tertiary alicyclic amines) is 1. The van der Waals surface area contributed by atoms with E-state index in [9.17, 15) is 18.0 Å². The van der Waals surface area contributed by atoms with Crippen LogP contribution in [0.15, 0.2) is 53.2 Å². The predicted molar refractivity (Wildman–Crippen MR) is 121 cm³/mol. The smallest absolute Gasteiger partial charge is 0.314 e. The molecule has 2 aliphatic rings. The number of rotatable bonds is 7. The number of anilines is 1. The van der Waals surface area contributed by atoms with Crippen LogP contribution in [0, 0.1) is 11.7 Å². The topological polar surface area (TPSA) is 89.0 Å². The van der Waals surface area contributed by atoms with Gasteiger partial charge in [-0.25, -0.2) is 9.37 Å². The van der Waals surface area contributed by atoms with E-state index in [0.717, 1.165) is 0 Å². The highest BCUT2D eigenvalue weighted by molar-refractivity contribution is 5.95. The lowest BCUT2D eigenvalue weighted by atomic mass is 9.95. The van der Waals surface area contributed by atoms with Gasteiger partial charge in [-0.1, -0.05) is 6.07 Å². The molecule has 0 atom stereocenters. The Morgan fingerprint density at radius 2 is 2.00 bits per heavy atom. The monoisotopic (exact) mass is 498 g/mol. The Morgan fingerprint density at radius 3 is 2.69 bits per heavy atom. The Morgan fingerprint density at radius 1 is 1.17 bits per heavy atom. The molecular weight excluding hydrogens is 477 g/mol. The molecule has 0 saturated carbocycles. The number of carbonyl (C=O) groups excluding carboxylic acids is 1. The second-order valence-corrected chi connectivity index (χ2v) is 8.91. The summed E-state index contributed by atoms with van der Waals surface area (Å²) in [6, 6.07) is 9.56. The van der Waals surface area contributed by atoms with Crippen LogP contribution in [0.5, 0.6) is 0 Å². The molecule has 2 aliphatic heterocycles. The van der Waals surface area contributed by atoms with Crippen molar-refractivity contribution in [2.45, 2.75) is 19.0 Å². The van der Waals surface area contributed by atoms with E-state index < -0.39 is 18.1 Å². The highest BCUT2D eigenvalue weighted by Crippen LogP contribution is 2.29. The summed E-state index contributed by atoms with van der Waals surface area (Å²) in [6.45, 7) is 2.78. The predicted octanol–water partition coefficient (Wildman–Crippen LogP) is 3.32. The zero-order valence-electron chi connectivity index (χ0n) is 18.9. The molecule has 0 N–H and O–H groups in total. The van der Waals surface area contributed by atoms with Gasteiger partial charge in [-0.05, 0) is 30.3 Å². The standard InChI is InChI=1S/C24H21F3N6O3/c25-16-2-1-3-18(7-16)33(24(34)15-8-32(9-15)19-12-35-13-19)11-17-10-31-5-4-14(6-20(31)28-17)22-29-30-23(36-22)21(26)27/h1-7,10,15,19,21H,8-9,11-13H2. The molecule has 9 nitrogen and oxygen atoms in total. The largest absolute Gasteiger partial charge is 0.415 e. The highest BCUT2D eigenvalue weighted by atomic mass is 19.3. The number of nitrogens with zero attached hydrogens (tertiary/aromatic N) is 6. The molecule has 0 aliphatic carbocycles. The summed E-state index contributed by atoms with van der Waals surface area (Å²) < 4.78 is 51.6. The molecule has 0 unspecified atom stereocenters. The maximum Gasteiger partial charge on any atom is 0.314 e. The molecule has 0 bridgehead atoms. The van der Waals surface area contributed by atoms with Gasteiger partial charge < -0.3 is 18.5 Å². The first-order valence-electron chi connectivity index (χ1n) is 11.4. The fourth-order valence-corrected chi connectivity index (χ4v) is 4.41. The van der Waals surface area contributed by atoms with Gasteiger partial charge in [-0.15, -0.1) is 10.2 Å². The van der Waals surface area contributed by atoms with Gasteiger partial charge in [0.1, 0.15) is 11.5 Å². The quantitative estimate of drug-likeness (QED) is 0.386. The molecular formula is C24H21F3N6O3. The van der Waals surface area contributed by atoms with Crippen LogP contribution >= 0.6 is 0 Å². The Labute approximate surface area is 203 Å². The van der Waals surface area contributed by atoms with Gasteiger partial charge >= 0.3 is 6.43 Å². The number of carbonyl (C=O) groups is 1. The van der Waals surface area contributed by atoms with Crippen molar-refractivity contribution in [2.24, 2.45) is 5.92 Å². The molecule has 4 aromatic rings. The number of amides is 1. The van der Waals surface area contributed by atoms with Crippen molar-refractivity contribution >= 4 is 17.2 Å². The first-order valence-corrected chi connectivity index (χ1v) is 11.4. The lowest BCUT2D eigenvalue weighted by Crippen LogP contribution is -2.62. The maximum atomic E-state index is 14.0. The lowest BCUT2D eigenvalue weighted by Gasteiger charge is -2.47. The number of pyridine rings is 1. The summed E-state index contributed by atoms with van der Waals surface area (Å²) in [6.07, 6.45) is 0.589. The van der Waals surface area contributed by atoms with E-state index in [-0.39, 0.29) is 24.3 Å². The van der Waals surface area contributed by atoms with Crippen LogP contribution in [0.25, 0.3) is 17.1 Å². The molecule has 2 fully saturated rings. The van der Waals surface area contributed by atoms with Crippen molar-refractivity contribution in [3.05, 3.63) is 66.2 Å². The van der Waals surface area contributed by atoms with Gasteiger partial charge in [0.2, 0.25) is 11.8 Å². The third kappa shape index (κ3) is 4.22. The average molecular weight is 498 g/mol. The van der Waals surface area contributed by atoms with Crippen molar-refractivity contribution < 1.29 is 27.1 Å². The Bertz CT molecular complexity index is 1410. The molecule has 0 radical (unpaired) electrons. The van der Waals surface area contributed by atoms with Crippen LogP contribution in [0.1, 0.15) is 18.0 Å². The number of halogens is 3. The van der Waals surface area contributed by atoms with Crippen molar-refractivity contribution in [1.82, 2.24) is 24.5 Å². The van der Waals surface area contributed by atoms with Crippen LogP contribution < -0.4 is 4.90 Å². The molecule has 3 aromatic heterocycles. The lowest BCUT2D eigenvalue weighted by molar-refractivity contribution is -0.138. The van der Waals surface area contributed by atoms with Gasteiger partial charge in [0.05, 0.1) is 37.4 Å². The van der Waals surface area contributed by atoms with E-state index >= 15 is 0 Å². The molecule has 5 heterocycles. The van der Waals surface area contributed by atoms with Crippen molar-refractivity contribution in [1.29, 1.82) is 0 Å². The van der Waals surface area contributed by atoms with Crippen LogP contribution in [0.3, 0.4) is 0 Å². The molecule has 0 spiro atoms. The average Bonchev–Trinajstić information content (AvgIpc) is 3.44. The van der Waals surface area contributed by atoms with Gasteiger partial charge in [-0.2, -0.15) is 8.78 Å². The summed E-state index contributed by atoms with van der Waals surface area (Å²) in [5.41, 5.74) is 1.97. The molecule has 186 valence electrons. The fraction of sp³-hybridized carbons (Fsp3) is 0.333. The van der Waals surface area contributed by atoms with Crippen LogP contribution in [0.4, 0.5) is 18.9 Å². The number of fused-ring (bicyclic) bond motifs is 1. The fourth-order valence-electron chi connectivity index (χ4n) is 4.41. The highest BCUT2D eigenvalue weighted by Gasteiger charge is 2.41. The first kappa shape index (κ1) is 22.7. The van der Waals surface area contributed by atoms with Crippen LogP contribution in [-0.4, -0.2) is 62.7 Å². The number of alkyl halides is 2. The number of benzene rings is 1. The third-order valence-electron chi connectivity index (χ3n) is 6.49. The van der Waals surface area contributed by atoms with Gasteiger partial charge in [0.25, 0.3) is 5.89 Å². The van der Waals surface area contributed by atoms with Gasteiger partial charge in [0, 0.05) is 36.7 Å². The molecule has 12 heteroatoms. The number of ether oxygens (including phenoxy) is 1. The third-order valence-corrected chi connectivity index (χ3v) is 6.49. The van der Waals surface area contributed by atoms with Crippen molar-refractivity contribution in [2.75, 3.05) is 31.2 Å². The van der Waals surface area contributed by atoms with Gasteiger partial charge in [0.15, 0.2) is 0 Å². The van der Waals surface area contributed by atoms with Crippen LogP contribution in [-0.2, 0) is 16.1 Å². The van der Waals surface area contributed by atoms with Crippen molar-refractivity contribution in [3.8, 4) is 11.5 Å². The second-order valence-electron chi connectivity index (χ2n) is 8.91. The summed E-state index contributed by atoms with van der Waals surface area (Å²) in [4.78, 5) is 21.8. The number of imidazole rings is 1. The minimum atomic E-state index is -2.86. The minimum Gasteiger partial charge on any atom is -0.415 e. The Hall–Kier alpha value is -3.77. The molecule has 36 heavy (non-hydrogen) atoms. The maximum absolute atomic E-state index is 14.0. The Kier molecular flexibility index (Phi) is 5.69. The number of aromatic nitrogens is 4. The Balaban J connectivity index is 1.25. The summed E-state index contributed by atoms with van der Waals surface area (Å²) in [7, 11) is 0. The number of hydrogen-bond donors (Lipinski definition) is 0. The first-order chi connectivity index (χ1) is 17.4. The van der Waals surface area contributed by atoms with E-state index in [1.165, 1.54) is 12.1 Å². The normalized spacial score (nSPS) is 16.9. The van der Waals surface area contributed by atoms with E-state index in [1.54, 1.807) is 46.0 Å². The molecule has 6 rings (SSSR count). The molecule has 1 amide bonds. The van der Waals surface area contributed by atoms with E-state index in [1.807, 2.05) is 0 Å². The van der Waals surface area contributed by atoms with E-state index in [2.05, 4.69) is 20.1 Å². The molecule has 1 aromatic carbocycles. The van der Waals surface area contributed by atoms with E-state index in [0.29, 0.717) is 54.9 Å². The minimum absolute atomic E-state index is 0.0414. The van der Waals surface area contributed by atoms with E-state index in [4.69, 9.17) is 9.15 Å². The van der Waals surface area contributed by atoms with Crippen LogP contribution in [0.2, 0.25) is 0 Å². The number of hydrogen-bond acceptors (Lipinski definition) is 7. The SMILES string of the molecule is O=C(C1CN(C2COC2)C1)N(Cc1cn2ccc(-c3nnc(C(F)F)o3)cc2n1)c1cccc(F)c1. The second kappa shape index (κ2) is 9.03. The summed E-state index contributed by atoms with van der Waals surface area (Å²) in [5.74, 6) is -1.52.